The number of carbonyl (C=O) groups is 1. The number of rotatable bonds is 5. The molecule has 1 atom stereocenters. The zero-order chi connectivity index (χ0) is 20.5. The minimum Gasteiger partial charge on any atom is -0.349 e. The first-order valence-corrected chi connectivity index (χ1v) is 10.8. The Morgan fingerprint density at radius 3 is 2.39 bits per heavy atom. The lowest BCUT2D eigenvalue weighted by Gasteiger charge is -2.16. The number of nitrogens with one attached hydrogen (secondary N) is 1. The van der Waals surface area contributed by atoms with Crippen molar-refractivity contribution < 1.29 is 13.2 Å². The molecule has 1 N–H and O–H groups in total. The third-order valence-electron chi connectivity index (χ3n) is 4.12. The number of hydrogen-bond donors (Lipinski definition) is 1. The van der Waals surface area contributed by atoms with Crippen LogP contribution in [0.3, 0.4) is 0 Å². The van der Waals surface area contributed by atoms with Crippen LogP contribution in [0.2, 0.25) is 10.0 Å². The third kappa shape index (κ3) is 4.43. The molecule has 0 bridgehead atoms. The molecule has 0 radical (unpaired) electrons. The summed E-state index contributed by atoms with van der Waals surface area (Å²) < 4.78 is 25.5. The Morgan fingerprint density at radius 1 is 1.11 bits per heavy atom. The maximum absolute atomic E-state index is 12.7. The van der Waals surface area contributed by atoms with E-state index in [1.807, 2.05) is 0 Å². The first kappa shape index (κ1) is 20.5. The van der Waals surface area contributed by atoms with Crippen LogP contribution in [0, 0.1) is 6.92 Å². The Bertz CT molecular complexity index is 1170. The molecule has 1 amide bonds. The van der Waals surface area contributed by atoms with E-state index in [2.05, 4.69) is 15.3 Å². The van der Waals surface area contributed by atoms with E-state index < -0.39 is 27.5 Å². The number of sulfone groups is 1. The van der Waals surface area contributed by atoms with E-state index in [4.69, 9.17) is 23.2 Å². The van der Waals surface area contributed by atoms with Crippen LogP contribution in [0.5, 0.6) is 0 Å². The van der Waals surface area contributed by atoms with E-state index in [-0.39, 0.29) is 10.7 Å². The maximum atomic E-state index is 12.7. The Labute approximate surface area is 172 Å². The van der Waals surface area contributed by atoms with Gasteiger partial charge in [0.15, 0.2) is 5.03 Å². The molecule has 9 heteroatoms. The Morgan fingerprint density at radius 2 is 1.75 bits per heavy atom. The van der Waals surface area contributed by atoms with Crippen LogP contribution in [0.1, 0.15) is 24.2 Å². The predicted octanol–water partition coefficient (Wildman–Crippen LogP) is 3.90. The van der Waals surface area contributed by atoms with Crippen LogP contribution >= 0.6 is 23.2 Å². The van der Waals surface area contributed by atoms with Crippen molar-refractivity contribution in [3.05, 3.63) is 63.8 Å². The summed E-state index contributed by atoms with van der Waals surface area (Å²) in [5.74, 6) is -1.40. The highest BCUT2D eigenvalue weighted by Gasteiger charge is 2.25. The van der Waals surface area contributed by atoms with Gasteiger partial charge in [-0.15, -0.1) is 0 Å². The first-order chi connectivity index (χ1) is 13.2. The predicted molar refractivity (Wildman–Crippen MR) is 109 cm³/mol. The van der Waals surface area contributed by atoms with Gasteiger partial charge in [-0.25, -0.2) is 18.4 Å². The topological polar surface area (TPSA) is 89.0 Å². The lowest BCUT2D eigenvalue weighted by atomic mass is 10.1. The molecule has 0 fully saturated rings. The molecule has 28 heavy (non-hydrogen) atoms. The second kappa shape index (κ2) is 8.03. The van der Waals surface area contributed by atoms with Crippen LogP contribution < -0.4 is 5.32 Å². The van der Waals surface area contributed by atoms with Crippen molar-refractivity contribution in [2.45, 2.75) is 24.9 Å². The van der Waals surface area contributed by atoms with Crippen LogP contribution in [-0.2, 0) is 14.6 Å². The third-order valence-corrected chi connectivity index (χ3v) is 6.30. The lowest BCUT2D eigenvalue weighted by Crippen LogP contribution is -2.33. The second-order valence-corrected chi connectivity index (χ2v) is 9.07. The van der Waals surface area contributed by atoms with Crippen LogP contribution in [0.15, 0.2) is 47.5 Å². The number of hydrogen-bond acceptors (Lipinski definition) is 5. The van der Waals surface area contributed by atoms with E-state index in [0.29, 0.717) is 26.6 Å². The summed E-state index contributed by atoms with van der Waals surface area (Å²) >= 11 is 12.0. The quantitative estimate of drug-likeness (QED) is 0.653. The van der Waals surface area contributed by atoms with Gasteiger partial charge in [0, 0.05) is 10.0 Å². The summed E-state index contributed by atoms with van der Waals surface area (Å²) in [4.78, 5) is 20.8. The molecule has 6 nitrogen and oxygen atoms in total. The van der Waals surface area contributed by atoms with E-state index >= 15 is 0 Å². The van der Waals surface area contributed by atoms with Gasteiger partial charge < -0.3 is 5.32 Å². The number of aryl methyl sites for hydroxylation is 1. The molecular formula is C19H17Cl2N3O3S. The number of fused-ring (bicyclic) bond motifs is 1. The molecular weight excluding hydrogens is 421 g/mol. The Hall–Kier alpha value is -2.22. The second-order valence-electron chi connectivity index (χ2n) is 6.32. The SMILES string of the molecule is Cc1nc2ccccc2nc1S(=O)(=O)CC(=O)N[C@@H](C)c1ccc(Cl)cc1Cl. The van der Waals surface area contributed by atoms with E-state index in [9.17, 15) is 13.2 Å². The number of aromatic nitrogens is 2. The Kier molecular flexibility index (Phi) is 5.88. The molecule has 0 spiro atoms. The molecule has 2 aromatic carbocycles. The van der Waals surface area contributed by atoms with Gasteiger partial charge in [-0.1, -0.05) is 41.4 Å². The molecule has 0 aliphatic carbocycles. The molecule has 1 heterocycles. The fourth-order valence-corrected chi connectivity index (χ4v) is 4.69. The molecule has 0 saturated heterocycles. The monoisotopic (exact) mass is 437 g/mol. The van der Waals surface area contributed by atoms with Gasteiger partial charge in [0.25, 0.3) is 0 Å². The van der Waals surface area contributed by atoms with Crippen molar-refractivity contribution in [1.82, 2.24) is 15.3 Å². The fraction of sp³-hybridized carbons (Fsp3) is 0.211. The van der Waals surface area contributed by atoms with Gasteiger partial charge >= 0.3 is 0 Å². The van der Waals surface area contributed by atoms with Gasteiger partial charge in [0.2, 0.25) is 15.7 Å². The maximum Gasteiger partial charge on any atom is 0.236 e. The molecule has 146 valence electrons. The largest absolute Gasteiger partial charge is 0.349 e. The van der Waals surface area contributed by atoms with E-state index in [1.165, 1.54) is 0 Å². The molecule has 0 aliphatic rings. The molecule has 0 unspecified atom stereocenters. The van der Waals surface area contributed by atoms with E-state index in [0.717, 1.165) is 0 Å². The standard InChI is InChI=1S/C19H17Cl2N3O3S/c1-11(14-8-7-13(20)9-15(14)21)23-18(25)10-28(26,27)19-12(2)22-16-5-3-4-6-17(16)24-19/h3-9,11H,10H2,1-2H3,(H,23,25)/t11-/m0/s1. The molecule has 3 rings (SSSR count). The molecule has 0 aliphatic heterocycles. The number of amides is 1. The summed E-state index contributed by atoms with van der Waals surface area (Å²) in [6, 6.07) is 11.4. The lowest BCUT2D eigenvalue weighted by molar-refractivity contribution is -0.119. The molecule has 3 aromatic rings. The number of halogens is 2. The zero-order valence-electron chi connectivity index (χ0n) is 15.1. The summed E-state index contributed by atoms with van der Waals surface area (Å²) in [6.45, 7) is 3.26. The summed E-state index contributed by atoms with van der Waals surface area (Å²) in [6.07, 6.45) is 0. The van der Waals surface area contributed by atoms with Crippen LogP contribution in [0.4, 0.5) is 0 Å². The van der Waals surface area contributed by atoms with Gasteiger partial charge in [-0.05, 0) is 43.7 Å². The summed E-state index contributed by atoms with van der Waals surface area (Å²) in [5, 5.41) is 3.31. The van der Waals surface area contributed by atoms with Crippen LogP contribution in [0.25, 0.3) is 11.0 Å². The minimum absolute atomic E-state index is 0.196. The van der Waals surface area contributed by atoms with Gasteiger partial charge in [-0.3, -0.25) is 4.79 Å². The van der Waals surface area contributed by atoms with Gasteiger partial charge in [-0.2, -0.15) is 0 Å². The average Bonchev–Trinajstić information content (AvgIpc) is 2.60. The average molecular weight is 438 g/mol. The number of para-hydroxylation sites is 2. The van der Waals surface area contributed by atoms with E-state index in [1.54, 1.807) is 56.3 Å². The normalized spacial score (nSPS) is 12.7. The van der Waals surface area contributed by atoms with Crippen molar-refractivity contribution in [2.75, 3.05) is 5.75 Å². The minimum atomic E-state index is -3.97. The number of carbonyl (C=O) groups excluding carboxylic acids is 1. The number of benzene rings is 2. The molecule has 0 saturated carbocycles. The van der Waals surface area contributed by atoms with Crippen LogP contribution in [-0.4, -0.2) is 30.0 Å². The first-order valence-electron chi connectivity index (χ1n) is 8.38. The van der Waals surface area contributed by atoms with Gasteiger partial charge in [0.1, 0.15) is 5.75 Å². The molecule has 1 aromatic heterocycles. The highest BCUT2D eigenvalue weighted by Crippen LogP contribution is 2.26. The fourth-order valence-electron chi connectivity index (χ4n) is 2.82. The van der Waals surface area contributed by atoms with Crippen molar-refractivity contribution >= 4 is 50.0 Å². The van der Waals surface area contributed by atoms with Crippen molar-refractivity contribution in [1.29, 1.82) is 0 Å². The Balaban J connectivity index is 1.80. The summed E-state index contributed by atoms with van der Waals surface area (Å²) in [5.41, 5.74) is 1.93. The van der Waals surface area contributed by atoms with Crippen molar-refractivity contribution in [3.63, 3.8) is 0 Å². The highest BCUT2D eigenvalue weighted by molar-refractivity contribution is 7.92. The zero-order valence-corrected chi connectivity index (χ0v) is 17.4. The number of nitrogens with zero attached hydrogens (tertiary/aromatic N) is 2. The van der Waals surface area contributed by atoms with Crippen molar-refractivity contribution in [2.24, 2.45) is 0 Å². The highest BCUT2D eigenvalue weighted by atomic mass is 35.5. The van der Waals surface area contributed by atoms with Crippen molar-refractivity contribution in [3.8, 4) is 0 Å². The smallest absolute Gasteiger partial charge is 0.236 e. The summed E-state index contributed by atoms with van der Waals surface area (Å²) in [7, 11) is -3.97. The van der Waals surface area contributed by atoms with Gasteiger partial charge in [0.05, 0.1) is 22.8 Å².